The summed E-state index contributed by atoms with van der Waals surface area (Å²) >= 11 is 0. The van der Waals surface area contributed by atoms with Crippen LogP contribution < -0.4 is 10.6 Å². The summed E-state index contributed by atoms with van der Waals surface area (Å²) in [7, 11) is 0. The molecule has 1 saturated carbocycles. The average Bonchev–Trinajstić information content (AvgIpc) is 3.32. The van der Waals surface area contributed by atoms with Gasteiger partial charge in [0.1, 0.15) is 5.75 Å². The second-order valence-electron chi connectivity index (χ2n) is 6.32. The minimum absolute atomic E-state index is 0.0712. The van der Waals surface area contributed by atoms with E-state index < -0.39 is 5.54 Å². The number of carbonyl (C=O) groups is 1. The van der Waals surface area contributed by atoms with E-state index in [2.05, 4.69) is 4.90 Å². The average molecular weight is 289 g/mol. The smallest absolute Gasteiger partial charge is 0.242 e. The number of phenols is 1. The van der Waals surface area contributed by atoms with E-state index in [1.165, 1.54) is 0 Å². The summed E-state index contributed by atoms with van der Waals surface area (Å²) in [6.45, 7) is 4.63. The lowest BCUT2D eigenvalue weighted by molar-refractivity contribution is -0.137. The van der Waals surface area contributed by atoms with E-state index in [0.717, 1.165) is 31.6 Å². The lowest BCUT2D eigenvalue weighted by Crippen LogP contribution is -2.59. The molecule has 21 heavy (non-hydrogen) atoms. The van der Waals surface area contributed by atoms with Gasteiger partial charge >= 0.3 is 0 Å². The highest BCUT2D eigenvalue weighted by Crippen LogP contribution is 2.39. The topological polar surface area (TPSA) is 69.8 Å². The summed E-state index contributed by atoms with van der Waals surface area (Å²) in [5, 5.41) is 9.91. The molecule has 3 rings (SSSR count). The Morgan fingerprint density at radius 3 is 2.43 bits per heavy atom. The molecule has 1 saturated heterocycles. The first-order chi connectivity index (χ1) is 10.00. The van der Waals surface area contributed by atoms with Crippen molar-refractivity contribution in [3.05, 3.63) is 24.3 Å². The second kappa shape index (κ2) is 5.22. The molecule has 1 aromatic carbocycles. The van der Waals surface area contributed by atoms with Gasteiger partial charge in [-0.05, 0) is 37.8 Å². The largest absolute Gasteiger partial charge is 0.506 e. The Labute approximate surface area is 125 Å². The number of phenolic OH excluding ortho intramolecular Hbond substituents is 1. The maximum Gasteiger partial charge on any atom is 0.242 e. The number of hydrogen-bond acceptors (Lipinski definition) is 4. The molecule has 3 N–H and O–H groups in total. The third kappa shape index (κ3) is 2.70. The maximum absolute atomic E-state index is 12.5. The molecule has 2 aliphatic rings. The lowest BCUT2D eigenvalue weighted by Gasteiger charge is -2.39. The number of hydrogen-bond donors (Lipinski definition) is 2. The van der Waals surface area contributed by atoms with Gasteiger partial charge in [0.25, 0.3) is 0 Å². The van der Waals surface area contributed by atoms with E-state index in [1.807, 2.05) is 30.0 Å². The number of aromatic hydroxyl groups is 1. The van der Waals surface area contributed by atoms with Gasteiger partial charge in [-0.3, -0.25) is 4.79 Å². The number of carbonyl (C=O) groups excluding carboxylic acids is 1. The fraction of sp³-hybridized carbons (Fsp3) is 0.562. The summed E-state index contributed by atoms with van der Waals surface area (Å²) in [4.78, 5) is 16.5. The van der Waals surface area contributed by atoms with Crippen LogP contribution in [0.25, 0.3) is 0 Å². The molecule has 114 valence electrons. The van der Waals surface area contributed by atoms with E-state index in [9.17, 15) is 9.90 Å². The first-order valence-electron chi connectivity index (χ1n) is 7.61. The van der Waals surface area contributed by atoms with Gasteiger partial charge in [-0.1, -0.05) is 12.1 Å². The van der Waals surface area contributed by atoms with Crippen LogP contribution in [0.15, 0.2) is 24.3 Å². The predicted molar refractivity (Wildman–Crippen MR) is 82.2 cm³/mol. The van der Waals surface area contributed by atoms with Crippen molar-refractivity contribution in [1.29, 1.82) is 0 Å². The molecule has 1 amide bonds. The first kappa shape index (κ1) is 14.2. The van der Waals surface area contributed by atoms with Gasteiger partial charge in [0.2, 0.25) is 5.91 Å². The van der Waals surface area contributed by atoms with Crippen LogP contribution in [-0.2, 0) is 4.79 Å². The molecular formula is C16H23N3O2. The third-order valence-electron chi connectivity index (χ3n) is 4.68. The minimum atomic E-state index is -0.711. The second-order valence-corrected chi connectivity index (χ2v) is 6.32. The molecule has 1 aliphatic carbocycles. The summed E-state index contributed by atoms with van der Waals surface area (Å²) in [6, 6.07) is 7.33. The highest BCUT2D eigenvalue weighted by molar-refractivity contribution is 5.86. The standard InChI is InChI=1S/C16H23N3O2/c1-16(17,12-6-7-12)15(21)19-10-8-18(9-11-19)13-4-2-3-5-14(13)20/h2-5,12,20H,6-11,17H2,1H3. The Bertz CT molecular complexity index is 532. The number of anilines is 1. The highest BCUT2D eigenvalue weighted by atomic mass is 16.3. The van der Waals surface area contributed by atoms with E-state index >= 15 is 0 Å². The molecule has 1 aliphatic heterocycles. The summed E-state index contributed by atoms with van der Waals surface area (Å²) in [5.74, 6) is 0.710. The lowest BCUT2D eigenvalue weighted by atomic mass is 9.95. The van der Waals surface area contributed by atoms with Crippen LogP contribution in [0.4, 0.5) is 5.69 Å². The molecular weight excluding hydrogens is 266 g/mol. The molecule has 1 aromatic rings. The molecule has 5 heteroatoms. The molecule has 5 nitrogen and oxygen atoms in total. The van der Waals surface area contributed by atoms with E-state index in [4.69, 9.17) is 5.73 Å². The molecule has 0 bridgehead atoms. The molecule has 1 unspecified atom stereocenters. The van der Waals surface area contributed by atoms with Gasteiger partial charge < -0.3 is 20.6 Å². The zero-order chi connectivity index (χ0) is 15.0. The van der Waals surface area contributed by atoms with Crippen molar-refractivity contribution < 1.29 is 9.90 Å². The first-order valence-corrected chi connectivity index (χ1v) is 7.61. The number of nitrogens with zero attached hydrogens (tertiary/aromatic N) is 2. The zero-order valence-electron chi connectivity index (χ0n) is 12.5. The fourth-order valence-corrected chi connectivity index (χ4v) is 3.08. The number of para-hydroxylation sites is 2. The molecule has 1 atom stereocenters. The quantitative estimate of drug-likeness (QED) is 0.876. The van der Waals surface area contributed by atoms with Crippen LogP contribution in [0.5, 0.6) is 5.75 Å². The van der Waals surface area contributed by atoms with Crippen molar-refractivity contribution >= 4 is 11.6 Å². The number of nitrogens with two attached hydrogens (primary N) is 1. The van der Waals surface area contributed by atoms with Crippen LogP contribution in [0.1, 0.15) is 19.8 Å². The number of amides is 1. The van der Waals surface area contributed by atoms with Crippen molar-refractivity contribution in [2.24, 2.45) is 11.7 Å². The van der Waals surface area contributed by atoms with Crippen LogP contribution >= 0.6 is 0 Å². The van der Waals surface area contributed by atoms with Gasteiger partial charge in [-0.15, -0.1) is 0 Å². The number of piperazine rings is 1. The minimum Gasteiger partial charge on any atom is -0.506 e. The van der Waals surface area contributed by atoms with Gasteiger partial charge in [-0.25, -0.2) is 0 Å². The number of benzene rings is 1. The Balaban J connectivity index is 1.63. The van der Waals surface area contributed by atoms with Gasteiger partial charge in [0.05, 0.1) is 11.2 Å². The Kier molecular flexibility index (Phi) is 3.53. The SMILES string of the molecule is CC(N)(C(=O)N1CCN(c2ccccc2O)CC1)C1CC1. The molecule has 0 radical (unpaired) electrons. The number of rotatable bonds is 3. The molecule has 0 spiro atoms. The molecule has 2 fully saturated rings. The van der Waals surface area contributed by atoms with Gasteiger partial charge in [0, 0.05) is 26.2 Å². The van der Waals surface area contributed by atoms with Crippen molar-refractivity contribution in [2.45, 2.75) is 25.3 Å². The van der Waals surface area contributed by atoms with E-state index in [1.54, 1.807) is 6.07 Å². The van der Waals surface area contributed by atoms with Crippen molar-refractivity contribution in [1.82, 2.24) is 4.90 Å². The van der Waals surface area contributed by atoms with E-state index in [-0.39, 0.29) is 5.91 Å². The van der Waals surface area contributed by atoms with Crippen molar-refractivity contribution in [3.63, 3.8) is 0 Å². The third-order valence-corrected chi connectivity index (χ3v) is 4.68. The summed E-state index contributed by atoms with van der Waals surface area (Å²) < 4.78 is 0. The van der Waals surface area contributed by atoms with E-state index in [0.29, 0.717) is 24.8 Å². The Morgan fingerprint density at radius 1 is 1.24 bits per heavy atom. The van der Waals surface area contributed by atoms with Crippen LogP contribution in [0, 0.1) is 5.92 Å². The van der Waals surface area contributed by atoms with Crippen molar-refractivity contribution in [3.8, 4) is 5.75 Å². The fourth-order valence-electron chi connectivity index (χ4n) is 3.08. The maximum atomic E-state index is 12.5. The van der Waals surface area contributed by atoms with Crippen LogP contribution in [0.3, 0.4) is 0 Å². The predicted octanol–water partition coefficient (Wildman–Crippen LogP) is 1.17. The highest BCUT2D eigenvalue weighted by Gasteiger charge is 2.46. The summed E-state index contributed by atoms with van der Waals surface area (Å²) in [5.41, 5.74) is 6.35. The zero-order valence-corrected chi connectivity index (χ0v) is 12.5. The van der Waals surface area contributed by atoms with Gasteiger partial charge in [-0.2, -0.15) is 0 Å². The van der Waals surface area contributed by atoms with Gasteiger partial charge in [0.15, 0.2) is 0 Å². The van der Waals surface area contributed by atoms with Crippen LogP contribution in [0.2, 0.25) is 0 Å². The molecule has 0 aromatic heterocycles. The Hall–Kier alpha value is -1.75. The normalized spacial score (nSPS) is 22.0. The van der Waals surface area contributed by atoms with Crippen molar-refractivity contribution in [2.75, 3.05) is 31.1 Å². The monoisotopic (exact) mass is 289 g/mol. The van der Waals surface area contributed by atoms with Crippen LogP contribution in [-0.4, -0.2) is 47.6 Å². The molecule has 1 heterocycles. The summed E-state index contributed by atoms with van der Waals surface area (Å²) in [6.07, 6.45) is 2.13. The Morgan fingerprint density at radius 2 is 1.86 bits per heavy atom.